The van der Waals surface area contributed by atoms with Gasteiger partial charge in [0.1, 0.15) is 5.82 Å². The van der Waals surface area contributed by atoms with Crippen molar-refractivity contribution in [2.75, 3.05) is 25.5 Å². The van der Waals surface area contributed by atoms with Gasteiger partial charge in [0, 0.05) is 47.8 Å². The SMILES string of the molecule is COCc1ccc(C(C)=O)c2sc(C(=O)Nc3cc(CN4CC[C@@H](O)C4)c4ccccc4n3)c(C)c12.Cc1ccc(S(=O)(=O)O)cc1. The number of rotatable bonds is 8. The molecule has 10 nitrogen and oxygen atoms in total. The number of anilines is 1. The number of ketones is 1. The summed E-state index contributed by atoms with van der Waals surface area (Å²) in [5.41, 5.74) is 5.20. The Kier molecular flexibility index (Phi) is 10.5. The molecule has 1 atom stereocenters. The highest BCUT2D eigenvalue weighted by atomic mass is 32.2. The van der Waals surface area contributed by atoms with Crippen LogP contribution in [0.5, 0.6) is 0 Å². The Balaban J connectivity index is 0.000000335. The van der Waals surface area contributed by atoms with Gasteiger partial charge in [-0.15, -0.1) is 11.3 Å². The fourth-order valence-corrected chi connectivity index (χ4v) is 7.52. The Labute approximate surface area is 277 Å². The quantitative estimate of drug-likeness (QED) is 0.130. The summed E-state index contributed by atoms with van der Waals surface area (Å²) in [5.74, 6) is 0.191. The number of fused-ring (bicyclic) bond motifs is 2. The minimum atomic E-state index is -4.02. The van der Waals surface area contributed by atoms with E-state index in [2.05, 4.69) is 10.2 Å². The number of aliphatic hydroxyl groups is 1. The number of carbonyl (C=O) groups is 2. The Morgan fingerprint density at radius 2 is 1.79 bits per heavy atom. The number of benzene rings is 3. The number of nitrogens with one attached hydrogen (secondary N) is 1. The van der Waals surface area contributed by atoms with Gasteiger partial charge in [0.15, 0.2) is 5.78 Å². The number of likely N-dealkylation sites (tertiary alicyclic amines) is 1. The summed E-state index contributed by atoms with van der Waals surface area (Å²) in [4.78, 5) is 33.2. The number of β-amino-alcohol motifs (C(OH)–C–C–N with tert-alkyl or cyclic N) is 1. The summed E-state index contributed by atoms with van der Waals surface area (Å²) in [6.45, 7) is 7.84. The van der Waals surface area contributed by atoms with Gasteiger partial charge in [-0.25, -0.2) is 4.98 Å². The molecule has 1 amide bonds. The fourth-order valence-electron chi connectivity index (χ4n) is 5.72. The predicted molar refractivity (Wildman–Crippen MR) is 184 cm³/mol. The summed E-state index contributed by atoms with van der Waals surface area (Å²) in [5, 5.41) is 14.9. The molecule has 6 rings (SSSR count). The second-order valence-electron chi connectivity index (χ2n) is 11.6. The first kappa shape index (κ1) is 34.3. The molecule has 1 aliphatic rings. The minimum absolute atomic E-state index is 0.0370. The van der Waals surface area contributed by atoms with Crippen LogP contribution in [0.2, 0.25) is 0 Å². The van der Waals surface area contributed by atoms with Gasteiger partial charge < -0.3 is 15.2 Å². The first-order valence-corrected chi connectivity index (χ1v) is 17.3. The van der Waals surface area contributed by atoms with E-state index in [0.717, 1.165) is 56.2 Å². The molecule has 1 fully saturated rings. The Morgan fingerprint density at radius 3 is 2.43 bits per heavy atom. The molecule has 0 radical (unpaired) electrons. The highest BCUT2D eigenvalue weighted by Gasteiger charge is 2.23. The normalized spacial score (nSPS) is 15.1. The van der Waals surface area contributed by atoms with E-state index in [9.17, 15) is 23.1 Å². The van der Waals surface area contributed by atoms with Crippen molar-refractivity contribution >= 4 is 60.0 Å². The van der Waals surface area contributed by atoms with Crippen LogP contribution in [0.15, 0.2) is 71.6 Å². The predicted octanol–water partition coefficient (Wildman–Crippen LogP) is 6.17. The van der Waals surface area contributed by atoms with Crippen molar-refractivity contribution in [1.82, 2.24) is 9.88 Å². The molecule has 1 saturated heterocycles. The molecular formula is C35H37N3O7S2. The molecule has 1 aliphatic heterocycles. The molecule has 47 heavy (non-hydrogen) atoms. The number of aromatic nitrogens is 1. The van der Waals surface area contributed by atoms with E-state index in [0.29, 0.717) is 36.0 Å². The average Bonchev–Trinajstić information content (AvgIpc) is 3.59. The molecular weight excluding hydrogens is 639 g/mol. The van der Waals surface area contributed by atoms with E-state index < -0.39 is 10.1 Å². The van der Waals surface area contributed by atoms with Crippen molar-refractivity contribution in [2.45, 2.75) is 51.3 Å². The Hall–Kier alpha value is -4.04. The van der Waals surface area contributed by atoms with Crippen LogP contribution >= 0.6 is 11.3 Å². The lowest BCUT2D eigenvalue weighted by Crippen LogP contribution is -2.22. The molecule has 246 valence electrons. The molecule has 0 bridgehead atoms. The maximum absolute atomic E-state index is 13.5. The van der Waals surface area contributed by atoms with Gasteiger partial charge in [0.2, 0.25) is 0 Å². The molecule has 0 spiro atoms. The van der Waals surface area contributed by atoms with E-state index in [1.165, 1.54) is 23.5 Å². The third kappa shape index (κ3) is 7.92. The van der Waals surface area contributed by atoms with E-state index in [-0.39, 0.29) is 22.7 Å². The lowest BCUT2D eigenvalue weighted by molar-refractivity contribution is 0.101. The number of amides is 1. The maximum atomic E-state index is 13.5. The number of carbonyl (C=O) groups excluding carboxylic acids is 2. The van der Waals surface area contributed by atoms with Crippen molar-refractivity contribution < 1.29 is 32.4 Å². The number of para-hydroxylation sites is 1. The number of hydrogen-bond acceptors (Lipinski definition) is 9. The number of pyridine rings is 1. The average molecular weight is 676 g/mol. The molecule has 3 N–H and O–H groups in total. The van der Waals surface area contributed by atoms with Crippen LogP contribution in [0.1, 0.15) is 55.6 Å². The monoisotopic (exact) mass is 675 g/mol. The smallest absolute Gasteiger partial charge is 0.294 e. The first-order valence-electron chi connectivity index (χ1n) is 15.0. The van der Waals surface area contributed by atoms with Crippen LogP contribution in [-0.4, -0.2) is 66.0 Å². The third-order valence-electron chi connectivity index (χ3n) is 8.05. The summed E-state index contributed by atoms with van der Waals surface area (Å²) in [6.07, 6.45) is 0.474. The fraction of sp³-hybridized carbons (Fsp3) is 0.286. The number of aliphatic hydroxyl groups excluding tert-OH is 1. The topological polar surface area (TPSA) is 146 Å². The third-order valence-corrected chi connectivity index (χ3v) is 10.2. The molecule has 3 heterocycles. The van der Waals surface area contributed by atoms with Crippen LogP contribution in [-0.2, 0) is 28.0 Å². The van der Waals surface area contributed by atoms with Gasteiger partial charge in [-0.2, -0.15) is 8.42 Å². The van der Waals surface area contributed by atoms with Crippen molar-refractivity contribution in [1.29, 1.82) is 0 Å². The van der Waals surface area contributed by atoms with Crippen molar-refractivity contribution in [2.24, 2.45) is 0 Å². The van der Waals surface area contributed by atoms with Crippen molar-refractivity contribution in [3.63, 3.8) is 0 Å². The minimum Gasteiger partial charge on any atom is -0.392 e. The molecule has 0 saturated carbocycles. The van der Waals surface area contributed by atoms with Crippen molar-refractivity contribution in [3.05, 3.63) is 99.4 Å². The second kappa shape index (κ2) is 14.4. The van der Waals surface area contributed by atoms with Crippen LogP contribution < -0.4 is 5.32 Å². The molecule has 12 heteroatoms. The number of nitrogens with zero attached hydrogens (tertiary/aromatic N) is 2. The number of Topliss-reactive ketones (excluding diaryl/α,β-unsaturated/α-hetero) is 1. The van der Waals surface area contributed by atoms with Crippen LogP contribution in [0, 0.1) is 13.8 Å². The maximum Gasteiger partial charge on any atom is 0.294 e. The van der Waals surface area contributed by atoms with E-state index in [4.69, 9.17) is 14.3 Å². The Morgan fingerprint density at radius 1 is 1.06 bits per heavy atom. The largest absolute Gasteiger partial charge is 0.392 e. The molecule has 0 aliphatic carbocycles. The Bertz CT molecular complexity index is 2060. The van der Waals surface area contributed by atoms with E-state index in [1.54, 1.807) is 26.2 Å². The molecule has 0 unspecified atom stereocenters. The lowest BCUT2D eigenvalue weighted by atomic mass is 10.0. The summed E-state index contributed by atoms with van der Waals surface area (Å²) < 4.78 is 35.7. The van der Waals surface area contributed by atoms with Crippen LogP contribution in [0.25, 0.3) is 21.0 Å². The van der Waals surface area contributed by atoms with Gasteiger partial charge in [-0.1, -0.05) is 42.0 Å². The molecule has 5 aromatic rings. The van der Waals surface area contributed by atoms with Gasteiger partial charge >= 0.3 is 0 Å². The summed E-state index contributed by atoms with van der Waals surface area (Å²) >= 11 is 1.33. The lowest BCUT2D eigenvalue weighted by Gasteiger charge is -2.17. The molecule has 2 aromatic heterocycles. The summed E-state index contributed by atoms with van der Waals surface area (Å²) in [7, 11) is -2.39. The number of methoxy groups -OCH3 is 1. The zero-order chi connectivity index (χ0) is 33.9. The zero-order valence-corrected chi connectivity index (χ0v) is 28.2. The first-order chi connectivity index (χ1) is 22.3. The highest BCUT2D eigenvalue weighted by Crippen LogP contribution is 2.37. The second-order valence-corrected chi connectivity index (χ2v) is 14.1. The highest BCUT2D eigenvalue weighted by molar-refractivity contribution is 7.85. The van der Waals surface area contributed by atoms with Crippen molar-refractivity contribution in [3.8, 4) is 0 Å². The number of thiophene rings is 1. The number of hydrogen-bond donors (Lipinski definition) is 3. The van der Waals surface area contributed by atoms with E-state index >= 15 is 0 Å². The van der Waals surface area contributed by atoms with Gasteiger partial charge in [-0.05, 0) is 74.2 Å². The summed E-state index contributed by atoms with van der Waals surface area (Å²) in [6, 6.07) is 19.5. The molecule has 3 aromatic carbocycles. The van der Waals surface area contributed by atoms with Crippen LogP contribution in [0.3, 0.4) is 0 Å². The van der Waals surface area contributed by atoms with E-state index in [1.807, 2.05) is 56.3 Å². The zero-order valence-electron chi connectivity index (χ0n) is 26.6. The number of ether oxygens (including phenoxy) is 1. The standard InChI is InChI=1S/C28H29N3O4S.C7H8O3S/c1-16-25-18(15-35-3)8-9-21(17(2)32)27(25)36-26(16)28(34)30-24-12-19(13-31-11-10-20(33)14-31)22-6-4-5-7-23(22)29-24;1-6-2-4-7(5-3-6)11(8,9)10/h4-9,12,20,33H,10-11,13-15H2,1-3H3,(H,29,30,34);2-5H,1H3,(H,8,9,10)/t20-;/m1./s1. The van der Waals surface area contributed by atoms with Gasteiger partial charge in [-0.3, -0.25) is 19.0 Å². The van der Waals surface area contributed by atoms with Gasteiger partial charge in [0.05, 0.1) is 28.0 Å². The number of aryl methyl sites for hydroxylation is 2. The van der Waals surface area contributed by atoms with Gasteiger partial charge in [0.25, 0.3) is 16.0 Å². The van der Waals surface area contributed by atoms with Crippen LogP contribution in [0.4, 0.5) is 5.82 Å².